The molecule has 0 saturated heterocycles. The van der Waals surface area contributed by atoms with Crippen molar-refractivity contribution in [1.29, 1.82) is 0 Å². The first kappa shape index (κ1) is 20.1. The molecule has 2 heterocycles. The van der Waals surface area contributed by atoms with Crippen LogP contribution in [0.15, 0.2) is 5.16 Å². The molecule has 13 heteroatoms. The zero-order chi connectivity index (χ0) is 19.1. The van der Waals surface area contributed by atoms with Crippen LogP contribution in [0.3, 0.4) is 0 Å². The van der Waals surface area contributed by atoms with Crippen LogP contribution >= 0.6 is 23.1 Å². The van der Waals surface area contributed by atoms with E-state index >= 15 is 0 Å². The molecule has 11 nitrogen and oxygen atoms in total. The van der Waals surface area contributed by atoms with Gasteiger partial charge in [0, 0.05) is 7.11 Å². The number of hydrogen-bond donors (Lipinski definition) is 2. The van der Waals surface area contributed by atoms with Gasteiger partial charge in [-0.1, -0.05) is 30.0 Å². The lowest BCUT2D eigenvalue weighted by Crippen LogP contribution is -2.27. The molecule has 0 saturated carbocycles. The van der Waals surface area contributed by atoms with Crippen molar-refractivity contribution in [2.24, 2.45) is 0 Å². The maximum Gasteiger partial charge on any atom is 0.316 e. The third kappa shape index (κ3) is 4.89. The van der Waals surface area contributed by atoms with Gasteiger partial charge in [-0.05, 0) is 6.42 Å². The number of carbonyl (C=O) groups excluding carboxylic acids is 2. The average molecular weight is 401 g/mol. The monoisotopic (exact) mass is 401 g/mol. The van der Waals surface area contributed by atoms with E-state index in [2.05, 4.69) is 30.4 Å². The molecular formula is C13H19N7O4S2. The van der Waals surface area contributed by atoms with Gasteiger partial charge < -0.3 is 15.2 Å². The number of esters is 1. The summed E-state index contributed by atoms with van der Waals surface area (Å²) in [4.78, 5) is 24.0. The van der Waals surface area contributed by atoms with E-state index in [4.69, 9.17) is 10.5 Å². The Hall–Kier alpha value is -2.25. The summed E-state index contributed by atoms with van der Waals surface area (Å²) in [6.45, 7) is 2.15. The van der Waals surface area contributed by atoms with Crippen LogP contribution in [-0.4, -0.2) is 56.8 Å². The highest BCUT2D eigenvalue weighted by Crippen LogP contribution is 2.26. The second kappa shape index (κ2) is 9.45. The molecule has 1 unspecified atom stereocenters. The normalized spacial score (nSPS) is 12.0. The molecule has 0 bridgehead atoms. The Balaban J connectivity index is 2.14. The fourth-order valence-corrected chi connectivity index (χ4v) is 3.56. The van der Waals surface area contributed by atoms with Gasteiger partial charge in [0.2, 0.25) is 17.0 Å². The van der Waals surface area contributed by atoms with Crippen molar-refractivity contribution in [1.82, 2.24) is 25.0 Å². The Morgan fingerprint density at radius 1 is 1.31 bits per heavy atom. The van der Waals surface area contributed by atoms with Gasteiger partial charge in [-0.2, -0.15) is 0 Å². The lowest BCUT2D eigenvalue weighted by molar-refractivity contribution is -0.137. The highest BCUT2D eigenvalue weighted by molar-refractivity contribution is 7.99. The van der Waals surface area contributed by atoms with Gasteiger partial charge in [0.1, 0.15) is 17.7 Å². The first-order valence-electron chi connectivity index (χ1n) is 7.52. The SMILES string of the molecule is CCC(C(=O)Nc1nnc(COC)s1)n1c(N)nnc1SCC(=O)OC. The number of carbonyl (C=O) groups is 2. The third-order valence-corrected chi connectivity index (χ3v) is 4.93. The van der Waals surface area contributed by atoms with Gasteiger partial charge in [-0.15, -0.1) is 20.4 Å². The fraction of sp³-hybridized carbons (Fsp3) is 0.538. The predicted octanol–water partition coefficient (Wildman–Crippen LogP) is 0.713. The Morgan fingerprint density at radius 2 is 2.08 bits per heavy atom. The number of hydrogen-bond acceptors (Lipinski definition) is 11. The molecule has 142 valence electrons. The van der Waals surface area contributed by atoms with E-state index in [-0.39, 0.29) is 17.6 Å². The molecule has 3 N–H and O–H groups in total. The summed E-state index contributed by atoms with van der Waals surface area (Å²) >= 11 is 2.31. The second-order valence-electron chi connectivity index (χ2n) is 4.92. The number of nitrogens with zero attached hydrogens (tertiary/aromatic N) is 5. The summed E-state index contributed by atoms with van der Waals surface area (Å²) < 4.78 is 11.1. The maximum absolute atomic E-state index is 12.7. The Labute approximate surface area is 157 Å². The average Bonchev–Trinajstić information content (AvgIpc) is 3.21. The molecule has 26 heavy (non-hydrogen) atoms. The van der Waals surface area contributed by atoms with E-state index < -0.39 is 12.0 Å². The maximum atomic E-state index is 12.7. The lowest BCUT2D eigenvalue weighted by Gasteiger charge is -2.17. The molecule has 0 radical (unpaired) electrons. The van der Waals surface area contributed by atoms with E-state index in [0.29, 0.717) is 28.3 Å². The standard InChI is InChI=1S/C13H19N7O4S2/c1-4-7(10(22)15-12-18-16-8(26-12)5-23-2)20-11(14)17-19-13(20)25-6-9(21)24-3/h7H,4-6H2,1-3H3,(H2,14,17)(H,15,18,22). The summed E-state index contributed by atoms with van der Waals surface area (Å²) in [6.07, 6.45) is 0.434. The highest BCUT2D eigenvalue weighted by Gasteiger charge is 2.26. The molecule has 0 aliphatic heterocycles. The van der Waals surface area contributed by atoms with Crippen molar-refractivity contribution in [3.63, 3.8) is 0 Å². The topological polar surface area (TPSA) is 147 Å². The second-order valence-corrected chi connectivity index (χ2v) is 6.93. The number of rotatable bonds is 9. The minimum atomic E-state index is -0.667. The Morgan fingerprint density at radius 3 is 2.73 bits per heavy atom. The summed E-state index contributed by atoms with van der Waals surface area (Å²) in [5.74, 6) is -0.639. The van der Waals surface area contributed by atoms with Crippen LogP contribution in [-0.2, 0) is 25.7 Å². The van der Waals surface area contributed by atoms with E-state index in [0.717, 1.165) is 11.8 Å². The molecule has 2 aromatic rings. The predicted molar refractivity (Wildman–Crippen MR) is 95.8 cm³/mol. The zero-order valence-corrected chi connectivity index (χ0v) is 16.1. The Bertz CT molecular complexity index is 764. The van der Waals surface area contributed by atoms with Crippen molar-refractivity contribution in [3.8, 4) is 0 Å². The van der Waals surface area contributed by atoms with Crippen LogP contribution in [0, 0.1) is 0 Å². The third-order valence-electron chi connectivity index (χ3n) is 3.20. The van der Waals surface area contributed by atoms with Gasteiger partial charge in [-0.25, -0.2) is 0 Å². The number of ether oxygens (including phenoxy) is 2. The smallest absolute Gasteiger partial charge is 0.316 e. The van der Waals surface area contributed by atoms with Crippen LogP contribution in [0.4, 0.5) is 11.1 Å². The van der Waals surface area contributed by atoms with Gasteiger partial charge in [0.25, 0.3) is 0 Å². The van der Waals surface area contributed by atoms with Crippen molar-refractivity contribution < 1.29 is 19.1 Å². The number of anilines is 2. The van der Waals surface area contributed by atoms with Crippen molar-refractivity contribution >= 4 is 46.1 Å². The molecule has 1 atom stereocenters. The first-order chi connectivity index (χ1) is 12.5. The lowest BCUT2D eigenvalue weighted by atomic mass is 10.2. The number of amides is 1. The number of nitrogens with one attached hydrogen (secondary N) is 1. The van der Waals surface area contributed by atoms with E-state index in [1.165, 1.54) is 23.0 Å². The van der Waals surface area contributed by atoms with Gasteiger partial charge in [0.05, 0.1) is 12.9 Å². The van der Waals surface area contributed by atoms with Crippen molar-refractivity contribution in [3.05, 3.63) is 5.01 Å². The van der Waals surface area contributed by atoms with E-state index in [9.17, 15) is 9.59 Å². The van der Waals surface area contributed by atoms with Gasteiger partial charge in [0.15, 0.2) is 5.16 Å². The summed E-state index contributed by atoms with van der Waals surface area (Å²) in [6, 6.07) is -0.667. The van der Waals surface area contributed by atoms with Crippen molar-refractivity contribution in [2.75, 3.05) is 31.0 Å². The first-order valence-corrected chi connectivity index (χ1v) is 9.32. The molecule has 0 aliphatic rings. The molecular weight excluding hydrogens is 382 g/mol. The zero-order valence-electron chi connectivity index (χ0n) is 14.5. The molecule has 1 amide bonds. The van der Waals surface area contributed by atoms with E-state index in [1.807, 2.05) is 6.92 Å². The molecule has 0 fully saturated rings. The summed E-state index contributed by atoms with van der Waals surface area (Å²) in [7, 11) is 2.85. The van der Waals surface area contributed by atoms with Crippen molar-refractivity contribution in [2.45, 2.75) is 31.1 Å². The molecule has 0 aromatic carbocycles. The molecule has 0 aliphatic carbocycles. The number of thioether (sulfide) groups is 1. The Kier molecular flexibility index (Phi) is 7.29. The number of aromatic nitrogens is 5. The van der Waals surface area contributed by atoms with Crippen LogP contribution < -0.4 is 11.1 Å². The number of methoxy groups -OCH3 is 2. The highest BCUT2D eigenvalue weighted by atomic mass is 32.2. The van der Waals surface area contributed by atoms with Gasteiger partial charge in [-0.3, -0.25) is 19.5 Å². The molecule has 2 aromatic heterocycles. The van der Waals surface area contributed by atoms with Crippen LogP contribution in [0.2, 0.25) is 0 Å². The molecule has 0 spiro atoms. The van der Waals surface area contributed by atoms with Gasteiger partial charge >= 0.3 is 5.97 Å². The quantitative estimate of drug-likeness (QED) is 0.455. The summed E-state index contributed by atoms with van der Waals surface area (Å²) in [5, 5.41) is 19.6. The van der Waals surface area contributed by atoms with Crippen LogP contribution in [0.25, 0.3) is 0 Å². The van der Waals surface area contributed by atoms with Crippen LogP contribution in [0.1, 0.15) is 24.4 Å². The summed E-state index contributed by atoms with van der Waals surface area (Å²) in [5.41, 5.74) is 5.87. The minimum Gasteiger partial charge on any atom is -0.468 e. The van der Waals surface area contributed by atoms with E-state index in [1.54, 1.807) is 7.11 Å². The number of nitrogens with two attached hydrogens (primary N) is 1. The number of nitrogen functional groups attached to an aromatic ring is 1. The van der Waals surface area contributed by atoms with Crippen LogP contribution in [0.5, 0.6) is 0 Å². The fourth-order valence-electron chi connectivity index (χ4n) is 2.02. The largest absolute Gasteiger partial charge is 0.468 e. The minimum absolute atomic E-state index is 0.0312. The molecule has 2 rings (SSSR count).